The lowest BCUT2D eigenvalue weighted by Gasteiger charge is -2.14. The lowest BCUT2D eigenvalue weighted by atomic mass is 10.1. The number of benzene rings is 1. The Morgan fingerprint density at radius 2 is 2.05 bits per heavy atom. The Labute approximate surface area is 118 Å². The first-order valence-corrected chi connectivity index (χ1v) is 6.33. The van der Waals surface area contributed by atoms with E-state index in [4.69, 9.17) is 0 Å². The van der Waals surface area contributed by atoms with Crippen molar-refractivity contribution in [1.82, 2.24) is 4.90 Å². The molecule has 1 aliphatic rings. The summed E-state index contributed by atoms with van der Waals surface area (Å²) < 4.78 is 26.3. The summed E-state index contributed by atoms with van der Waals surface area (Å²) in [7, 11) is 0. The normalized spacial score (nSPS) is 18.1. The molecule has 0 radical (unpaired) electrons. The molecule has 0 saturated carbocycles. The number of hydrogen-bond donors (Lipinski definition) is 0. The number of rotatable bonds is 3. The summed E-state index contributed by atoms with van der Waals surface area (Å²) in [6, 6.07) is 0.808. The van der Waals surface area contributed by atoms with Crippen LogP contribution in [0.4, 0.5) is 14.5 Å². The molecule has 0 spiro atoms. The highest BCUT2D eigenvalue weighted by molar-refractivity contribution is 6.07. The van der Waals surface area contributed by atoms with E-state index in [1.165, 1.54) is 0 Å². The topological polar surface area (TPSA) is 80.5 Å². The van der Waals surface area contributed by atoms with Crippen molar-refractivity contribution < 1.29 is 23.3 Å². The fourth-order valence-corrected chi connectivity index (χ4v) is 2.26. The van der Waals surface area contributed by atoms with Crippen LogP contribution in [0.5, 0.6) is 0 Å². The second-order valence-corrected chi connectivity index (χ2v) is 4.83. The molecule has 2 rings (SSSR count). The monoisotopic (exact) mass is 298 g/mol. The second kappa shape index (κ2) is 5.55. The molecule has 1 fully saturated rings. The van der Waals surface area contributed by atoms with Gasteiger partial charge in [0, 0.05) is 13.0 Å². The third-order valence-corrected chi connectivity index (χ3v) is 3.49. The van der Waals surface area contributed by atoms with E-state index in [0.29, 0.717) is 18.6 Å². The molecule has 6 nitrogen and oxygen atoms in total. The number of nitro benzene ring substituents is 1. The van der Waals surface area contributed by atoms with Crippen molar-refractivity contribution in [3.8, 4) is 0 Å². The van der Waals surface area contributed by atoms with Gasteiger partial charge in [0.2, 0.25) is 5.91 Å². The van der Waals surface area contributed by atoms with Crippen molar-refractivity contribution in [2.75, 3.05) is 6.54 Å². The van der Waals surface area contributed by atoms with Crippen LogP contribution in [0.25, 0.3) is 0 Å². The van der Waals surface area contributed by atoms with Gasteiger partial charge >= 0.3 is 0 Å². The molecule has 1 unspecified atom stereocenters. The Hall–Kier alpha value is -2.38. The molecule has 1 heterocycles. The summed E-state index contributed by atoms with van der Waals surface area (Å²) in [6.07, 6.45) is 0.842. The number of nitrogens with zero attached hydrogens (tertiary/aromatic N) is 2. The van der Waals surface area contributed by atoms with E-state index in [1.54, 1.807) is 0 Å². The number of imide groups is 1. The Balaban J connectivity index is 2.42. The van der Waals surface area contributed by atoms with Gasteiger partial charge in [-0.05, 0) is 12.0 Å². The van der Waals surface area contributed by atoms with Crippen LogP contribution in [0, 0.1) is 27.7 Å². The molecule has 0 aliphatic carbocycles. The van der Waals surface area contributed by atoms with Crippen LogP contribution in [0.2, 0.25) is 0 Å². The SMILES string of the molecule is CCC1CC(=O)N(C(=O)c2cc(F)c(F)cc2[N+](=O)[O-])C1. The quantitative estimate of drug-likeness (QED) is 0.487. The average molecular weight is 298 g/mol. The van der Waals surface area contributed by atoms with Crippen LogP contribution in [0.3, 0.4) is 0 Å². The summed E-state index contributed by atoms with van der Waals surface area (Å²) >= 11 is 0. The number of hydrogen-bond acceptors (Lipinski definition) is 4. The summed E-state index contributed by atoms with van der Waals surface area (Å²) in [4.78, 5) is 34.7. The highest BCUT2D eigenvalue weighted by Crippen LogP contribution is 2.27. The Morgan fingerprint density at radius 1 is 1.43 bits per heavy atom. The lowest BCUT2D eigenvalue weighted by Crippen LogP contribution is -2.33. The number of halogens is 2. The number of carbonyl (C=O) groups is 2. The van der Waals surface area contributed by atoms with Gasteiger partial charge in [-0.3, -0.25) is 24.6 Å². The molecule has 112 valence electrons. The molecule has 0 aromatic heterocycles. The van der Waals surface area contributed by atoms with Crippen LogP contribution in [0.1, 0.15) is 30.1 Å². The number of likely N-dealkylation sites (tertiary alicyclic amines) is 1. The molecule has 1 aromatic carbocycles. The van der Waals surface area contributed by atoms with E-state index in [2.05, 4.69) is 0 Å². The van der Waals surface area contributed by atoms with Crippen molar-refractivity contribution in [1.29, 1.82) is 0 Å². The van der Waals surface area contributed by atoms with E-state index < -0.39 is 39.6 Å². The Kier molecular flexibility index (Phi) is 3.97. The summed E-state index contributed by atoms with van der Waals surface area (Å²) in [6.45, 7) is 1.98. The first-order chi connectivity index (χ1) is 9.85. The molecule has 21 heavy (non-hydrogen) atoms. The van der Waals surface area contributed by atoms with Crippen molar-refractivity contribution >= 4 is 17.5 Å². The molecule has 0 bridgehead atoms. The Bertz CT molecular complexity index is 633. The molecular weight excluding hydrogens is 286 g/mol. The van der Waals surface area contributed by atoms with E-state index in [1.807, 2.05) is 6.92 Å². The standard InChI is InChI=1S/C13H12F2N2O4/c1-2-7-3-12(18)16(6-7)13(19)8-4-9(14)10(15)5-11(8)17(20)21/h4-5,7H,2-3,6H2,1H3. The molecule has 2 amide bonds. The average Bonchev–Trinajstić information content (AvgIpc) is 2.81. The first kappa shape index (κ1) is 15.0. The van der Waals surface area contributed by atoms with E-state index >= 15 is 0 Å². The van der Waals surface area contributed by atoms with Gasteiger partial charge in [-0.1, -0.05) is 13.3 Å². The fourth-order valence-electron chi connectivity index (χ4n) is 2.26. The minimum absolute atomic E-state index is 0.0224. The van der Waals surface area contributed by atoms with Crippen molar-refractivity contribution in [3.05, 3.63) is 39.4 Å². The third kappa shape index (κ3) is 2.74. The molecule has 0 N–H and O–H groups in total. The maximum atomic E-state index is 13.3. The van der Waals surface area contributed by atoms with Gasteiger partial charge in [0.15, 0.2) is 11.6 Å². The summed E-state index contributed by atoms with van der Waals surface area (Å²) in [5, 5.41) is 10.9. The first-order valence-electron chi connectivity index (χ1n) is 6.33. The number of amides is 2. The van der Waals surface area contributed by atoms with Crippen molar-refractivity contribution in [2.45, 2.75) is 19.8 Å². The van der Waals surface area contributed by atoms with Crippen LogP contribution in [-0.4, -0.2) is 28.2 Å². The molecular formula is C13H12F2N2O4. The van der Waals surface area contributed by atoms with Gasteiger partial charge < -0.3 is 0 Å². The van der Waals surface area contributed by atoms with E-state index in [9.17, 15) is 28.5 Å². The van der Waals surface area contributed by atoms with Crippen LogP contribution in [0.15, 0.2) is 12.1 Å². The molecule has 1 aliphatic heterocycles. The highest BCUT2D eigenvalue weighted by atomic mass is 19.2. The smallest absolute Gasteiger partial charge is 0.278 e. The summed E-state index contributed by atoms with van der Waals surface area (Å²) in [5.74, 6) is -4.25. The second-order valence-electron chi connectivity index (χ2n) is 4.83. The Morgan fingerprint density at radius 3 is 2.57 bits per heavy atom. The number of nitro groups is 1. The zero-order valence-electron chi connectivity index (χ0n) is 11.1. The van der Waals surface area contributed by atoms with Crippen LogP contribution < -0.4 is 0 Å². The molecule has 1 saturated heterocycles. The minimum Gasteiger partial charge on any atom is -0.278 e. The largest absolute Gasteiger partial charge is 0.285 e. The van der Waals surface area contributed by atoms with Crippen molar-refractivity contribution in [3.63, 3.8) is 0 Å². The third-order valence-electron chi connectivity index (χ3n) is 3.49. The van der Waals surface area contributed by atoms with Crippen LogP contribution in [-0.2, 0) is 4.79 Å². The van der Waals surface area contributed by atoms with Gasteiger partial charge in [-0.2, -0.15) is 0 Å². The summed E-state index contributed by atoms with van der Waals surface area (Å²) in [5.41, 5.74) is -1.48. The van der Waals surface area contributed by atoms with E-state index in [-0.39, 0.29) is 18.9 Å². The maximum absolute atomic E-state index is 13.3. The van der Waals surface area contributed by atoms with Gasteiger partial charge in [0.1, 0.15) is 5.56 Å². The minimum atomic E-state index is -1.42. The van der Waals surface area contributed by atoms with Gasteiger partial charge in [-0.15, -0.1) is 0 Å². The van der Waals surface area contributed by atoms with Crippen LogP contribution >= 0.6 is 0 Å². The van der Waals surface area contributed by atoms with E-state index in [0.717, 1.165) is 4.90 Å². The highest BCUT2D eigenvalue weighted by Gasteiger charge is 2.36. The predicted octanol–water partition coefficient (Wildman–Crippen LogP) is 2.27. The van der Waals surface area contributed by atoms with Gasteiger partial charge in [0.25, 0.3) is 11.6 Å². The molecule has 8 heteroatoms. The van der Waals surface area contributed by atoms with Crippen molar-refractivity contribution in [2.24, 2.45) is 5.92 Å². The maximum Gasteiger partial charge on any atom is 0.285 e. The zero-order valence-corrected chi connectivity index (χ0v) is 11.1. The number of carbonyl (C=O) groups excluding carboxylic acids is 2. The molecule has 1 atom stereocenters. The predicted molar refractivity (Wildman–Crippen MR) is 67.5 cm³/mol. The molecule has 1 aromatic rings. The fraction of sp³-hybridized carbons (Fsp3) is 0.385. The lowest BCUT2D eigenvalue weighted by molar-refractivity contribution is -0.385. The zero-order chi connectivity index (χ0) is 15.7. The van der Waals surface area contributed by atoms with Gasteiger partial charge in [0.05, 0.1) is 11.0 Å². The van der Waals surface area contributed by atoms with Gasteiger partial charge in [-0.25, -0.2) is 8.78 Å².